The summed E-state index contributed by atoms with van der Waals surface area (Å²) in [6.07, 6.45) is 2.32. The first-order valence-corrected chi connectivity index (χ1v) is 5.40. The Morgan fingerprint density at radius 3 is 2.87 bits per heavy atom. The number of nitrogens with two attached hydrogens (primary N) is 1. The maximum Gasteiger partial charge on any atom is 0.143 e. The number of hydrogen-bond donors (Lipinski definition) is 2. The van der Waals surface area contributed by atoms with Crippen molar-refractivity contribution in [3.8, 4) is 0 Å². The van der Waals surface area contributed by atoms with E-state index in [4.69, 9.17) is 17.4 Å². The van der Waals surface area contributed by atoms with Crippen molar-refractivity contribution in [3.05, 3.63) is 34.3 Å². The standard InChI is InChI=1S/C11H14ClN3/c1-7-9(3-2-4-10(7)12)11(15-13)14-8-5-6-8/h2-4,8H,5-6,13H2,1H3,(H,14,15). The Hall–Kier alpha value is -1.06. The summed E-state index contributed by atoms with van der Waals surface area (Å²) in [7, 11) is 0. The molecule has 3 N–H and O–H groups in total. The molecule has 0 spiro atoms. The molecule has 80 valence electrons. The van der Waals surface area contributed by atoms with E-state index < -0.39 is 0 Å². The number of rotatable bonds is 2. The van der Waals surface area contributed by atoms with Gasteiger partial charge in [0.25, 0.3) is 0 Å². The van der Waals surface area contributed by atoms with Gasteiger partial charge in [-0.05, 0) is 31.4 Å². The van der Waals surface area contributed by atoms with Crippen LogP contribution in [0.25, 0.3) is 0 Å². The molecule has 0 saturated heterocycles. The van der Waals surface area contributed by atoms with Crippen LogP contribution in [0.1, 0.15) is 24.0 Å². The Labute approximate surface area is 94.3 Å². The number of hydrogen-bond acceptors (Lipinski definition) is 2. The van der Waals surface area contributed by atoms with Crippen molar-refractivity contribution in [1.82, 2.24) is 5.43 Å². The van der Waals surface area contributed by atoms with E-state index in [9.17, 15) is 0 Å². The van der Waals surface area contributed by atoms with Crippen LogP contribution in [0.5, 0.6) is 0 Å². The summed E-state index contributed by atoms with van der Waals surface area (Å²) in [6, 6.07) is 6.19. The summed E-state index contributed by atoms with van der Waals surface area (Å²) >= 11 is 6.04. The highest BCUT2D eigenvalue weighted by Gasteiger charge is 2.21. The monoisotopic (exact) mass is 223 g/mol. The third-order valence-corrected chi connectivity index (χ3v) is 2.93. The van der Waals surface area contributed by atoms with Crippen molar-refractivity contribution in [1.29, 1.82) is 0 Å². The maximum absolute atomic E-state index is 6.04. The van der Waals surface area contributed by atoms with Gasteiger partial charge in [-0.2, -0.15) is 0 Å². The predicted molar refractivity (Wildman–Crippen MR) is 63.1 cm³/mol. The molecule has 1 aromatic carbocycles. The predicted octanol–water partition coefficient (Wildman–Crippen LogP) is 2.02. The van der Waals surface area contributed by atoms with E-state index in [1.807, 2.05) is 25.1 Å². The van der Waals surface area contributed by atoms with Crippen molar-refractivity contribution < 1.29 is 0 Å². The van der Waals surface area contributed by atoms with Crippen LogP contribution in [0.4, 0.5) is 0 Å². The van der Waals surface area contributed by atoms with E-state index in [0.29, 0.717) is 6.04 Å². The lowest BCUT2D eigenvalue weighted by atomic mass is 10.1. The molecule has 4 heteroatoms. The van der Waals surface area contributed by atoms with Gasteiger partial charge in [0.2, 0.25) is 0 Å². The number of nitrogens with zero attached hydrogens (tertiary/aromatic N) is 1. The maximum atomic E-state index is 6.04. The molecule has 0 unspecified atom stereocenters. The van der Waals surface area contributed by atoms with E-state index >= 15 is 0 Å². The molecule has 1 saturated carbocycles. The average Bonchev–Trinajstić information content (AvgIpc) is 3.03. The first kappa shape index (κ1) is 10.5. The number of nitrogens with one attached hydrogen (secondary N) is 1. The normalized spacial score (nSPS) is 16.6. The van der Waals surface area contributed by atoms with E-state index in [-0.39, 0.29) is 0 Å². The molecule has 0 atom stereocenters. The Balaban J connectivity index is 2.37. The Kier molecular flexibility index (Phi) is 2.93. The summed E-state index contributed by atoms with van der Waals surface area (Å²) in [5.41, 5.74) is 4.64. The minimum atomic E-state index is 0.439. The van der Waals surface area contributed by atoms with E-state index in [0.717, 1.165) is 34.8 Å². The van der Waals surface area contributed by atoms with Gasteiger partial charge in [0.15, 0.2) is 0 Å². The van der Waals surface area contributed by atoms with E-state index in [1.165, 1.54) is 0 Å². The molecule has 15 heavy (non-hydrogen) atoms. The number of benzene rings is 1. The van der Waals surface area contributed by atoms with E-state index in [1.54, 1.807) is 0 Å². The topological polar surface area (TPSA) is 50.4 Å². The van der Waals surface area contributed by atoms with Crippen molar-refractivity contribution in [2.45, 2.75) is 25.8 Å². The van der Waals surface area contributed by atoms with Gasteiger partial charge < -0.3 is 5.43 Å². The zero-order valence-corrected chi connectivity index (χ0v) is 9.38. The molecule has 0 radical (unpaired) electrons. The van der Waals surface area contributed by atoms with Crippen LogP contribution in [0.2, 0.25) is 5.02 Å². The van der Waals surface area contributed by atoms with Crippen LogP contribution in [0.15, 0.2) is 23.2 Å². The minimum Gasteiger partial charge on any atom is -0.308 e. The molecular weight excluding hydrogens is 210 g/mol. The lowest BCUT2D eigenvalue weighted by molar-refractivity contribution is 0.969. The molecule has 1 aromatic rings. The Morgan fingerprint density at radius 2 is 2.27 bits per heavy atom. The number of amidine groups is 1. The van der Waals surface area contributed by atoms with Crippen LogP contribution in [-0.2, 0) is 0 Å². The van der Waals surface area contributed by atoms with Crippen molar-refractivity contribution in [2.24, 2.45) is 10.8 Å². The third-order valence-electron chi connectivity index (χ3n) is 2.52. The molecular formula is C11H14ClN3. The number of hydrazine groups is 1. The van der Waals surface area contributed by atoms with Gasteiger partial charge in [-0.3, -0.25) is 4.99 Å². The first-order chi connectivity index (χ1) is 7.22. The SMILES string of the molecule is Cc1c(Cl)cccc1C(=NC1CC1)NN. The van der Waals surface area contributed by atoms with Gasteiger partial charge in [-0.1, -0.05) is 23.7 Å². The highest BCUT2D eigenvalue weighted by atomic mass is 35.5. The molecule has 1 fully saturated rings. The lowest BCUT2D eigenvalue weighted by Gasteiger charge is -2.09. The number of halogens is 1. The van der Waals surface area contributed by atoms with Crippen LogP contribution in [-0.4, -0.2) is 11.9 Å². The minimum absolute atomic E-state index is 0.439. The molecule has 0 aliphatic heterocycles. The fourth-order valence-electron chi connectivity index (χ4n) is 1.43. The lowest BCUT2D eigenvalue weighted by Crippen LogP contribution is -2.32. The summed E-state index contributed by atoms with van der Waals surface area (Å²) in [5.74, 6) is 6.21. The van der Waals surface area contributed by atoms with Crippen molar-refractivity contribution >= 4 is 17.4 Å². The summed E-state index contributed by atoms with van der Waals surface area (Å²) in [6.45, 7) is 1.97. The Bertz CT molecular complexity index is 397. The van der Waals surface area contributed by atoms with Crippen molar-refractivity contribution in [3.63, 3.8) is 0 Å². The molecule has 0 amide bonds. The summed E-state index contributed by atoms with van der Waals surface area (Å²) in [5, 5.41) is 0.742. The highest BCUT2D eigenvalue weighted by Crippen LogP contribution is 2.25. The molecule has 0 heterocycles. The zero-order chi connectivity index (χ0) is 10.8. The van der Waals surface area contributed by atoms with Crippen LogP contribution in [0.3, 0.4) is 0 Å². The molecule has 1 aliphatic carbocycles. The molecule has 2 rings (SSSR count). The zero-order valence-electron chi connectivity index (χ0n) is 8.63. The molecule has 3 nitrogen and oxygen atoms in total. The van der Waals surface area contributed by atoms with Gasteiger partial charge in [0, 0.05) is 10.6 Å². The second-order valence-electron chi connectivity index (χ2n) is 3.77. The van der Waals surface area contributed by atoms with Crippen LogP contribution < -0.4 is 11.3 Å². The number of aliphatic imine (C=N–C) groups is 1. The van der Waals surface area contributed by atoms with Crippen LogP contribution >= 0.6 is 11.6 Å². The van der Waals surface area contributed by atoms with Gasteiger partial charge >= 0.3 is 0 Å². The average molecular weight is 224 g/mol. The Morgan fingerprint density at radius 1 is 1.53 bits per heavy atom. The molecule has 0 aromatic heterocycles. The second kappa shape index (κ2) is 4.21. The van der Waals surface area contributed by atoms with Gasteiger partial charge in [0.1, 0.15) is 5.84 Å². The third kappa shape index (κ3) is 2.30. The highest BCUT2D eigenvalue weighted by molar-refractivity contribution is 6.31. The van der Waals surface area contributed by atoms with Crippen molar-refractivity contribution in [2.75, 3.05) is 0 Å². The fraction of sp³-hybridized carbons (Fsp3) is 0.364. The smallest absolute Gasteiger partial charge is 0.143 e. The molecule has 1 aliphatic rings. The van der Waals surface area contributed by atoms with E-state index in [2.05, 4.69) is 10.4 Å². The van der Waals surface area contributed by atoms with Gasteiger partial charge in [-0.15, -0.1) is 0 Å². The van der Waals surface area contributed by atoms with Gasteiger partial charge in [-0.25, -0.2) is 5.84 Å². The van der Waals surface area contributed by atoms with Gasteiger partial charge in [0.05, 0.1) is 6.04 Å². The summed E-state index contributed by atoms with van der Waals surface area (Å²) < 4.78 is 0. The first-order valence-electron chi connectivity index (χ1n) is 5.02. The second-order valence-corrected chi connectivity index (χ2v) is 4.17. The largest absolute Gasteiger partial charge is 0.308 e. The molecule has 0 bridgehead atoms. The summed E-state index contributed by atoms with van der Waals surface area (Å²) in [4.78, 5) is 4.50. The fourth-order valence-corrected chi connectivity index (χ4v) is 1.61. The van der Waals surface area contributed by atoms with Crippen LogP contribution in [0, 0.1) is 6.92 Å². The quantitative estimate of drug-likeness (QED) is 0.349.